The van der Waals surface area contributed by atoms with Gasteiger partial charge in [0.2, 0.25) is 6.79 Å². The zero-order chi connectivity index (χ0) is 13.8. The van der Waals surface area contributed by atoms with Gasteiger partial charge >= 0.3 is 0 Å². The van der Waals surface area contributed by atoms with Gasteiger partial charge < -0.3 is 25.0 Å². The minimum Gasteiger partial charge on any atom is -0.454 e. The van der Waals surface area contributed by atoms with Gasteiger partial charge in [-0.15, -0.1) is 0 Å². The first kappa shape index (κ1) is 14.1. The van der Waals surface area contributed by atoms with Crippen LogP contribution >= 0.6 is 0 Å². The molecule has 1 aromatic carbocycles. The number of aliphatic hydroxyl groups is 2. The molecule has 5 heteroatoms. The SMILES string of the molecule is CC(C)[C@@H](CO)NCC(O)c1ccc2c(c1)OCO2. The van der Waals surface area contributed by atoms with Gasteiger partial charge in [0.05, 0.1) is 12.7 Å². The van der Waals surface area contributed by atoms with Crippen LogP contribution in [0.15, 0.2) is 18.2 Å². The predicted molar refractivity (Wildman–Crippen MR) is 71.2 cm³/mol. The van der Waals surface area contributed by atoms with Crippen molar-refractivity contribution in [2.24, 2.45) is 5.92 Å². The monoisotopic (exact) mass is 267 g/mol. The quantitative estimate of drug-likeness (QED) is 0.719. The first-order valence-corrected chi connectivity index (χ1v) is 6.53. The summed E-state index contributed by atoms with van der Waals surface area (Å²) < 4.78 is 10.5. The van der Waals surface area contributed by atoms with Gasteiger partial charge in [-0.3, -0.25) is 0 Å². The second-order valence-electron chi connectivity index (χ2n) is 5.07. The Morgan fingerprint density at radius 3 is 2.68 bits per heavy atom. The van der Waals surface area contributed by atoms with Crippen molar-refractivity contribution >= 4 is 0 Å². The van der Waals surface area contributed by atoms with Crippen LogP contribution in [0.3, 0.4) is 0 Å². The van der Waals surface area contributed by atoms with Crippen molar-refractivity contribution in [3.8, 4) is 11.5 Å². The Kier molecular flexibility index (Phi) is 4.63. The van der Waals surface area contributed by atoms with Crippen LogP contribution in [0.1, 0.15) is 25.5 Å². The molecule has 0 amide bonds. The zero-order valence-electron chi connectivity index (χ0n) is 11.3. The number of ether oxygens (including phenoxy) is 2. The molecule has 2 atom stereocenters. The van der Waals surface area contributed by atoms with Crippen LogP contribution in [0.5, 0.6) is 11.5 Å². The highest BCUT2D eigenvalue weighted by Gasteiger charge is 2.18. The largest absolute Gasteiger partial charge is 0.454 e. The smallest absolute Gasteiger partial charge is 0.231 e. The van der Waals surface area contributed by atoms with Crippen LogP contribution in [-0.2, 0) is 0 Å². The summed E-state index contributed by atoms with van der Waals surface area (Å²) in [6, 6.07) is 5.40. The van der Waals surface area contributed by atoms with Crippen molar-refractivity contribution < 1.29 is 19.7 Å². The van der Waals surface area contributed by atoms with Gasteiger partial charge in [0.15, 0.2) is 11.5 Å². The van der Waals surface area contributed by atoms with E-state index in [0.29, 0.717) is 24.0 Å². The highest BCUT2D eigenvalue weighted by Crippen LogP contribution is 2.34. The van der Waals surface area contributed by atoms with Crippen molar-refractivity contribution in [2.45, 2.75) is 26.0 Å². The summed E-state index contributed by atoms with van der Waals surface area (Å²) in [6.07, 6.45) is -0.637. The van der Waals surface area contributed by atoms with E-state index >= 15 is 0 Å². The number of fused-ring (bicyclic) bond motifs is 1. The Balaban J connectivity index is 1.94. The fraction of sp³-hybridized carbons (Fsp3) is 0.571. The van der Waals surface area contributed by atoms with Crippen LogP contribution in [0, 0.1) is 5.92 Å². The molecule has 3 N–H and O–H groups in total. The van der Waals surface area contributed by atoms with Crippen molar-refractivity contribution in [1.82, 2.24) is 5.32 Å². The van der Waals surface area contributed by atoms with Gasteiger partial charge in [-0.2, -0.15) is 0 Å². The van der Waals surface area contributed by atoms with Crippen LogP contribution in [0.25, 0.3) is 0 Å². The first-order chi connectivity index (χ1) is 9.11. The second-order valence-corrected chi connectivity index (χ2v) is 5.07. The summed E-state index contributed by atoms with van der Waals surface area (Å²) in [7, 11) is 0. The standard InChI is InChI=1S/C14H21NO4/c1-9(2)11(7-16)15-6-12(17)10-3-4-13-14(5-10)19-8-18-13/h3-5,9,11-12,15-17H,6-8H2,1-2H3/t11-,12?/m1/s1. The fourth-order valence-electron chi connectivity index (χ4n) is 2.01. The highest BCUT2D eigenvalue weighted by molar-refractivity contribution is 5.45. The number of aliphatic hydroxyl groups excluding tert-OH is 2. The number of rotatable bonds is 6. The minimum atomic E-state index is -0.637. The molecule has 1 aromatic rings. The van der Waals surface area contributed by atoms with Gasteiger partial charge in [-0.25, -0.2) is 0 Å². The average molecular weight is 267 g/mol. The van der Waals surface area contributed by atoms with Crippen LogP contribution in [-0.4, -0.2) is 36.2 Å². The van der Waals surface area contributed by atoms with Crippen molar-refractivity contribution in [1.29, 1.82) is 0 Å². The van der Waals surface area contributed by atoms with E-state index in [2.05, 4.69) is 5.32 Å². The molecule has 2 rings (SSSR count). The van der Waals surface area contributed by atoms with E-state index in [-0.39, 0.29) is 19.4 Å². The van der Waals surface area contributed by atoms with E-state index in [1.54, 1.807) is 12.1 Å². The molecule has 5 nitrogen and oxygen atoms in total. The van der Waals surface area contributed by atoms with Crippen LogP contribution in [0.4, 0.5) is 0 Å². The Morgan fingerprint density at radius 2 is 2.00 bits per heavy atom. The molecule has 1 unspecified atom stereocenters. The van der Waals surface area contributed by atoms with E-state index < -0.39 is 6.10 Å². The van der Waals surface area contributed by atoms with Gasteiger partial charge in [-0.1, -0.05) is 19.9 Å². The maximum absolute atomic E-state index is 10.1. The molecule has 0 saturated heterocycles. The van der Waals surface area contributed by atoms with Gasteiger partial charge in [0.1, 0.15) is 0 Å². The molecule has 106 valence electrons. The Hall–Kier alpha value is -1.30. The minimum absolute atomic E-state index is 0.0105. The molecule has 1 aliphatic rings. The van der Waals surface area contributed by atoms with Gasteiger partial charge in [0, 0.05) is 12.6 Å². The number of hydrogen-bond acceptors (Lipinski definition) is 5. The third-order valence-corrected chi connectivity index (χ3v) is 3.36. The summed E-state index contributed by atoms with van der Waals surface area (Å²) in [5.41, 5.74) is 0.775. The molecular formula is C14H21NO4. The topological polar surface area (TPSA) is 71.0 Å². The molecule has 19 heavy (non-hydrogen) atoms. The lowest BCUT2D eigenvalue weighted by molar-refractivity contribution is 0.148. The average Bonchev–Trinajstić information content (AvgIpc) is 2.85. The van der Waals surface area contributed by atoms with Crippen molar-refractivity contribution in [3.05, 3.63) is 23.8 Å². The van der Waals surface area contributed by atoms with Crippen molar-refractivity contribution in [2.75, 3.05) is 19.9 Å². The van der Waals surface area contributed by atoms with Crippen LogP contribution in [0.2, 0.25) is 0 Å². The molecule has 1 heterocycles. The summed E-state index contributed by atoms with van der Waals surface area (Å²) in [5, 5.41) is 22.5. The van der Waals surface area contributed by atoms with E-state index in [0.717, 1.165) is 5.56 Å². The van der Waals surface area contributed by atoms with Crippen LogP contribution < -0.4 is 14.8 Å². The van der Waals surface area contributed by atoms with E-state index in [4.69, 9.17) is 9.47 Å². The molecule has 0 spiro atoms. The number of nitrogens with one attached hydrogen (secondary N) is 1. The second kappa shape index (κ2) is 6.23. The van der Waals surface area contributed by atoms with Gasteiger partial charge in [0.25, 0.3) is 0 Å². The number of hydrogen-bond donors (Lipinski definition) is 3. The maximum atomic E-state index is 10.1. The molecule has 1 aliphatic heterocycles. The van der Waals surface area contributed by atoms with Gasteiger partial charge in [-0.05, 0) is 23.6 Å². The Labute approximate surface area is 113 Å². The molecular weight excluding hydrogens is 246 g/mol. The maximum Gasteiger partial charge on any atom is 0.231 e. The van der Waals surface area contributed by atoms with E-state index in [9.17, 15) is 10.2 Å². The van der Waals surface area contributed by atoms with E-state index in [1.165, 1.54) is 0 Å². The summed E-state index contributed by atoms with van der Waals surface area (Å²) in [5.74, 6) is 1.69. The normalized spacial score (nSPS) is 16.7. The molecule has 0 aromatic heterocycles. The van der Waals surface area contributed by atoms with Crippen molar-refractivity contribution in [3.63, 3.8) is 0 Å². The third-order valence-electron chi connectivity index (χ3n) is 3.36. The molecule has 0 radical (unpaired) electrons. The van der Waals surface area contributed by atoms with E-state index in [1.807, 2.05) is 19.9 Å². The first-order valence-electron chi connectivity index (χ1n) is 6.53. The Bertz CT molecular complexity index is 422. The molecule has 0 saturated carbocycles. The molecule has 0 aliphatic carbocycles. The lowest BCUT2D eigenvalue weighted by atomic mass is 10.0. The number of benzene rings is 1. The molecule has 0 fully saturated rings. The summed E-state index contributed by atoms with van der Waals surface area (Å²) >= 11 is 0. The summed E-state index contributed by atoms with van der Waals surface area (Å²) in [4.78, 5) is 0. The zero-order valence-corrected chi connectivity index (χ0v) is 11.3. The lowest BCUT2D eigenvalue weighted by Crippen LogP contribution is -2.39. The Morgan fingerprint density at radius 1 is 1.26 bits per heavy atom. The highest BCUT2D eigenvalue weighted by atomic mass is 16.7. The third kappa shape index (κ3) is 3.37. The fourth-order valence-corrected chi connectivity index (χ4v) is 2.01. The lowest BCUT2D eigenvalue weighted by Gasteiger charge is -2.22. The summed E-state index contributed by atoms with van der Waals surface area (Å²) in [6.45, 7) is 4.74. The molecule has 0 bridgehead atoms. The predicted octanol–water partition coefficient (Wildman–Crippen LogP) is 1.06.